The van der Waals surface area contributed by atoms with Gasteiger partial charge in [-0.3, -0.25) is 9.69 Å². The molecule has 16 heteroatoms. The minimum Gasteiger partial charge on any atom is -0.443 e. The van der Waals surface area contributed by atoms with Crippen molar-refractivity contribution in [1.82, 2.24) is 14.9 Å². The molecule has 200 valence electrons. The summed E-state index contributed by atoms with van der Waals surface area (Å²) in [7, 11) is 1.06. The molecule has 1 unspecified atom stereocenters. The maximum Gasteiger partial charge on any atom is 0.433 e. The van der Waals surface area contributed by atoms with Crippen LogP contribution in [0.1, 0.15) is 26.5 Å². The molecule has 0 saturated carbocycles. The van der Waals surface area contributed by atoms with Gasteiger partial charge in [0.25, 0.3) is 5.91 Å². The first kappa shape index (κ1) is 28.3. The quantitative estimate of drug-likeness (QED) is 0.283. The second kappa shape index (κ2) is 9.89. The highest BCUT2D eigenvalue weighted by Gasteiger charge is 2.49. The zero-order chi connectivity index (χ0) is 28.0. The van der Waals surface area contributed by atoms with Gasteiger partial charge in [0.2, 0.25) is 5.28 Å². The number of urea groups is 1. The second-order valence-electron chi connectivity index (χ2n) is 8.73. The van der Waals surface area contributed by atoms with E-state index in [1.807, 2.05) is 0 Å². The number of hydrogen-bond donors (Lipinski definition) is 0. The van der Waals surface area contributed by atoms with E-state index in [1.165, 1.54) is 20.8 Å². The summed E-state index contributed by atoms with van der Waals surface area (Å²) in [6.07, 6.45) is -6.20. The van der Waals surface area contributed by atoms with E-state index in [4.69, 9.17) is 27.9 Å². The lowest BCUT2D eigenvalue weighted by Crippen LogP contribution is -2.47. The number of nitrogens with zero attached hydrogens (tertiary/aromatic N) is 5. The number of ether oxygens (including phenoxy) is 1. The van der Waals surface area contributed by atoms with Crippen molar-refractivity contribution in [2.24, 2.45) is 0 Å². The molecule has 0 bridgehead atoms. The Morgan fingerprint density at radius 3 is 2.32 bits per heavy atom. The second-order valence-corrected chi connectivity index (χ2v) is 9.45. The van der Waals surface area contributed by atoms with Gasteiger partial charge in [-0.05, 0) is 44.5 Å². The third-order valence-corrected chi connectivity index (χ3v) is 5.45. The predicted molar refractivity (Wildman–Crippen MR) is 121 cm³/mol. The average Bonchev–Trinajstić information content (AvgIpc) is 3.11. The van der Waals surface area contributed by atoms with E-state index >= 15 is 0 Å². The van der Waals surface area contributed by atoms with E-state index in [0.29, 0.717) is 20.8 Å². The normalized spacial score (nSPS) is 16.3. The smallest absolute Gasteiger partial charge is 0.433 e. The molecule has 37 heavy (non-hydrogen) atoms. The zero-order valence-corrected chi connectivity index (χ0v) is 21.0. The van der Waals surface area contributed by atoms with Crippen molar-refractivity contribution in [3.05, 3.63) is 45.8 Å². The van der Waals surface area contributed by atoms with Gasteiger partial charge in [0, 0.05) is 13.1 Å². The van der Waals surface area contributed by atoms with E-state index < -0.39 is 81.5 Å². The topological polar surface area (TPSA) is 95.9 Å². The van der Waals surface area contributed by atoms with Crippen LogP contribution in [0.4, 0.5) is 43.0 Å². The number of carbonyl (C=O) groups excluding carboxylic acids is 3. The Morgan fingerprint density at radius 2 is 1.76 bits per heavy atom. The molecule has 4 amide bonds. The Balaban J connectivity index is 2.10. The molecular formula is C21H18Cl2F5N5O4. The minimum absolute atomic E-state index is 0.359. The van der Waals surface area contributed by atoms with Crippen LogP contribution in [-0.2, 0) is 15.7 Å². The fourth-order valence-electron chi connectivity index (χ4n) is 3.30. The van der Waals surface area contributed by atoms with E-state index in [-0.39, 0.29) is 0 Å². The van der Waals surface area contributed by atoms with Crippen molar-refractivity contribution < 1.29 is 41.1 Å². The van der Waals surface area contributed by atoms with Crippen LogP contribution in [0.5, 0.6) is 0 Å². The number of carbonyl (C=O) groups is 3. The monoisotopic (exact) mass is 569 g/mol. The molecule has 3 rings (SSSR count). The molecule has 0 radical (unpaired) electrons. The van der Waals surface area contributed by atoms with Gasteiger partial charge >= 0.3 is 18.3 Å². The lowest BCUT2D eigenvalue weighted by atomic mass is 10.2. The summed E-state index contributed by atoms with van der Waals surface area (Å²) >= 11 is 11.2. The molecule has 0 aliphatic carbocycles. The number of halogens is 7. The average molecular weight is 570 g/mol. The summed E-state index contributed by atoms with van der Waals surface area (Å²) < 4.78 is 73.4. The molecule has 1 aromatic carbocycles. The molecule has 1 atom stereocenters. The molecule has 1 fully saturated rings. The van der Waals surface area contributed by atoms with Crippen LogP contribution < -0.4 is 9.80 Å². The van der Waals surface area contributed by atoms with E-state index in [2.05, 4.69) is 9.97 Å². The summed E-state index contributed by atoms with van der Waals surface area (Å²) in [6, 6.07) is -0.945. The van der Waals surface area contributed by atoms with Gasteiger partial charge < -0.3 is 9.64 Å². The van der Waals surface area contributed by atoms with E-state index in [1.54, 1.807) is 0 Å². The maximum atomic E-state index is 14.6. The molecule has 2 aromatic rings. The van der Waals surface area contributed by atoms with Crippen LogP contribution >= 0.6 is 23.2 Å². The molecular weight excluding hydrogens is 552 g/mol. The first-order valence-electron chi connectivity index (χ1n) is 10.3. The zero-order valence-electron chi connectivity index (χ0n) is 19.5. The molecule has 1 aliphatic rings. The Morgan fingerprint density at radius 1 is 1.14 bits per heavy atom. The third kappa shape index (κ3) is 5.85. The number of alkyl halides is 3. The van der Waals surface area contributed by atoms with Crippen molar-refractivity contribution in [1.29, 1.82) is 0 Å². The number of anilines is 2. The van der Waals surface area contributed by atoms with Crippen LogP contribution in [0.3, 0.4) is 0 Å². The third-order valence-electron chi connectivity index (χ3n) is 4.93. The van der Waals surface area contributed by atoms with Crippen molar-refractivity contribution in [2.75, 3.05) is 23.4 Å². The number of hydrogen-bond acceptors (Lipinski definition) is 6. The standard InChI is InChI=1S/C21H18Cl2F5N5O4/c1-20(2,3)37-19(36)32-8-11(16(34)31(4)10-6-5-9(24)14(22)15(10)25)33(18(32)35)13-7-12(21(26,27)28)29-17(23)30-13/h5-7,11H,8H2,1-4H3. The first-order valence-corrected chi connectivity index (χ1v) is 11.0. The van der Waals surface area contributed by atoms with Crippen molar-refractivity contribution in [3.8, 4) is 0 Å². The van der Waals surface area contributed by atoms with Gasteiger partial charge in [0.1, 0.15) is 28.3 Å². The predicted octanol–water partition coefficient (Wildman–Crippen LogP) is 5.29. The number of amides is 4. The highest BCUT2D eigenvalue weighted by Crippen LogP contribution is 2.34. The first-order chi connectivity index (χ1) is 16.9. The van der Waals surface area contributed by atoms with Crippen LogP contribution in [0, 0.1) is 11.6 Å². The van der Waals surface area contributed by atoms with Gasteiger partial charge in [0.15, 0.2) is 11.5 Å². The SMILES string of the molecule is CN(C(=O)C1CN(C(=O)OC(C)(C)C)C(=O)N1c1cc(C(F)(F)F)nc(Cl)n1)c1ccc(F)c(Cl)c1F. The summed E-state index contributed by atoms with van der Waals surface area (Å²) in [5, 5.41) is -1.81. The van der Waals surface area contributed by atoms with E-state index in [9.17, 15) is 36.3 Å². The van der Waals surface area contributed by atoms with Crippen molar-refractivity contribution >= 4 is 52.7 Å². The van der Waals surface area contributed by atoms with Crippen LogP contribution in [-0.4, -0.2) is 58.1 Å². The summed E-state index contributed by atoms with van der Waals surface area (Å²) in [5.74, 6) is -4.24. The van der Waals surface area contributed by atoms with Gasteiger partial charge in [-0.1, -0.05) is 11.6 Å². The summed E-state index contributed by atoms with van der Waals surface area (Å²) in [5.41, 5.74) is -3.10. The summed E-state index contributed by atoms with van der Waals surface area (Å²) in [6.45, 7) is 3.79. The van der Waals surface area contributed by atoms with Gasteiger partial charge in [-0.2, -0.15) is 13.2 Å². The molecule has 1 saturated heterocycles. The fourth-order valence-corrected chi connectivity index (χ4v) is 3.64. The van der Waals surface area contributed by atoms with Gasteiger partial charge in [-0.15, -0.1) is 0 Å². The molecule has 9 nitrogen and oxygen atoms in total. The van der Waals surface area contributed by atoms with Crippen molar-refractivity contribution in [3.63, 3.8) is 0 Å². The van der Waals surface area contributed by atoms with Crippen LogP contribution in [0.2, 0.25) is 10.3 Å². The fraction of sp³-hybridized carbons (Fsp3) is 0.381. The lowest BCUT2D eigenvalue weighted by molar-refractivity contribution is -0.141. The molecule has 0 spiro atoms. The van der Waals surface area contributed by atoms with Gasteiger partial charge in [0.05, 0.1) is 12.2 Å². The van der Waals surface area contributed by atoms with E-state index in [0.717, 1.165) is 19.2 Å². The van der Waals surface area contributed by atoms with Crippen molar-refractivity contribution in [2.45, 2.75) is 38.6 Å². The number of benzene rings is 1. The maximum absolute atomic E-state index is 14.6. The number of imide groups is 1. The Hall–Kier alpha value is -3.26. The molecule has 1 aromatic heterocycles. The minimum atomic E-state index is -5.00. The highest BCUT2D eigenvalue weighted by atomic mass is 35.5. The largest absolute Gasteiger partial charge is 0.443 e. The van der Waals surface area contributed by atoms with Gasteiger partial charge in [-0.25, -0.2) is 33.2 Å². The summed E-state index contributed by atoms with van der Waals surface area (Å²) in [4.78, 5) is 47.6. The molecule has 1 aliphatic heterocycles. The Labute approximate surface area is 216 Å². The lowest BCUT2D eigenvalue weighted by Gasteiger charge is -2.26. The number of aromatic nitrogens is 2. The highest BCUT2D eigenvalue weighted by molar-refractivity contribution is 6.31. The van der Waals surface area contributed by atoms with Crippen LogP contribution in [0.15, 0.2) is 18.2 Å². The Bertz CT molecular complexity index is 1270. The molecule has 0 N–H and O–H groups in total. The number of rotatable bonds is 3. The van der Waals surface area contributed by atoms with Crippen LogP contribution in [0.25, 0.3) is 0 Å². The Kier molecular flexibility index (Phi) is 7.57. The molecule has 2 heterocycles. The number of likely N-dealkylation sites (N-methyl/N-ethyl adjacent to an activating group) is 1.